The Balaban J connectivity index is 1.76. The van der Waals surface area contributed by atoms with Crippen molar-refractivity contribution in [2.75, 3.05) is 6.61 Å². The maximum Gasteiger partial charge on any atom is 0.306 e. The molecular formula is C15H20O7. The van der Waals surface area contributed by atoms with Gasteiger partial charge in [-0.3, -0.25) is 4.79 Å². The second-order valence-electron chi connectivity index (χ2n) is 5.21. The van der Waals surface area contributed by atoms with Gasteiger partial charge in [-0.25, -0.2) is 0 Å². The largest absolute Gasteiger partial charge is 0.463 e. The zero-order chi connectivity index (χ0) is 16.1. The molecule has 7 nitrogen and oxygen atoms in total. The van der Waals surface area contributed by atoms with Crippen LogP contribution in [0.25, 0.3) is 0 Å². The van der Waals surface area contributed by atoms with E-state index in [1.54, 1.807) is 0 Å². The van der Waals surface area contributed by atoms with Gasteiger partial charge < -0.3 is 29.9 Å². The number of carbonyl (C=O) groups excluding carboxylic acids is 1. The van der Waals surface area contributed by atoms with E-state index in [0.29, 0.717) is 6.42 Å². The molecule has 122 valence electrons. The SMILES string of the molecule is O=C(CCc1ccccc1)OC[C@H]1O[C@@H](O)[C@H](O)[C@@H](O)[C@@H]1O. The van der Waals surface area contributed by atoms with E-state index < -0.39 is 36.7 Å². The summed E-state index contributed by atoms with van der Waals surface area (Å²) in [7, 11) is 0. The topological polar surface area (TPSA) is 116 Å². The molecule has 22 heavy (non-hydrogen) atoms. The van der Waals surface area contributed by atoms with Crippen LogP contribution in [0.5, 0.6) is 0 Å². The van der Waals surface area contributed by atoms with Crippen LogP contribution in [0.15, 0.2) is 30.3 Å². The lowest BCUT2D eigenvalue weighted by Crippen LogP contribution is -2.58. The second kappa shape index (κ2) is 7.66. The van der Waals surface area contributed by atoms with Gasteiger partial charge in [0.2, 0.25) is 0 Å². The molecule has 1 heterocycles. The van der Waals surface area contributed by atoms with Crippen molar-refractivity contribution in [1.82, 2.24) is 0 Å². The molecule has 0 aliphatic carbocycles. The monoisotopic (exact) mass is 312 g/mol. The smallest absolute Gasteiger partial charge is 0.306 e. The first kappa shape index (κ1) is 16.9. The highest BCUT2D eigenvalue weighted by Gasteiger charge is 2.43. The maximum absolute atomic E-state index is 11.7. The van der Waals surface area contributed by atoms with Crippen molar-refractivity contribution in [3.05, 3.63) is 35.9 Å². The molecule has 0 saturated carbocycles. The van der Waals surface area contributed by atoms with Crippen LogP contribution in [0.4, 0.5) is 0 Å². The Hall–Kier alpha value is -1.51. The van der Waals surface area contributed by atoms with Crippen LogP contribution in [0.1, 0.15) is 12.0 Å². The van der Waals surface area contributed by atoms with Crippen molar-refractivity contribution in [3.8, 4) is 0 Å². The van der Waals surface area contributed by atoms with Gasteiger partial charge in [-0.2, -0.15) is 0 Å². The van der Waals surface area contributed by atoms with Gasteiger partial charge in [-0.15, -0.1) is 0 Å². The summed E-state index contributed by atoms with van der Waals surface area (Å²) in [6.45, 7) is -0.310. The quantitative estimate of drug-likeness (QED) is 0.513. The van der Waals surface area contributed by atoms with Crippen molar-refractivity contribution in [2.45, 2.75) is 43.5 Å². The molecule has 0 bridgehead atoms. The molecule has 0 unspecified atom stereocenters. The first-order valence-electron chi connectivity index (χ1n) is 7.06. The minimum absolute atomic E-state index is 0.167. The lowest BCUT2D eigenvalue weighted by molar-refractivity contribution is -0.287. The normalized spacial score (nSPS) is 31.7. The summed E-state index contributed by atoms with van der Waals surface area (Å²) in [5.41, 5.74) is 1.00. The van der Waals surface area contributed by atoms with Crippen LogP contribution in [0, 0.1) is 0 Å². The van der Waals surface area contributed by atoms with Crippen LogP contribution in [0.2, 0.25) is 0 Å². The fourth-order valence-corrected chi connectivity index (χ4v) is 2.21. The second-order valence-corrected chi connectivity index (χ2v) is 5.21. The summed E-state index contributed by atoms with van der Waals surface area (Å²) in [6, 6.07) is 9.43. The molecule has 5 atom stereocenters. The molecule has 0 radical (unpaired) electrons. The number of esters is 1. The first-order valence-corrected chi connectivity index (χ1v) is 7.06. The number of benzene rings is 1. The molecule has 0 spiro atoms. The molecule has 1 aliphatic heterocycles. The summed E-state index contributed by atoms with van der Waals surface area (Å²) in [5.74, 6) is -0.477. The number of aryl methyl sites for hydroxylation is 1. The van der Waals surface area contributed by atoms with Crippen molar-refractivity contribution in [1.29, 1.82) is 0 Å². The first-order chi connectivity index (χ1) is 10.5. The number of carbonyl (C=O) groups is 1. The third-order valence-corrected chi connectivity index (χ3v) is 3.56. The van der Waals surface area contributed by atoms with E-state index in [0.717, 1.165) is 5.56 Å². The predicted molar refractivity (Wildman–Crippen MR) is 74.6 cm³/mol. The van der Waals surface area contributed by atoms with Gasteiger partial charge in [0.25, 0.3) is 0 Å². The lowest BCUT2D eigenvalue weighted by Gasteiger charge is -2.37. The van der Waals surface area contributed by atoms with Gasteiger partial charge in [-0.05, 0) is 12.0 Å². The number of aliphatic hydroxyl groups is 4. The third kappa shape index (κ3) is 4.25. The highest BCUT2D eigenvalue weighted by Crippen LogP contribution is 2.20. The van der Waals surface area contributed by atoms with Crippen molar-refractivity contribution in [3.63, 3.8) is 0 Å². The molecule has 1 fully saturated rings. The molecular weight excluding hydrogens is 292 g/mol. The number of ether oxygens (including phenoxy) is 2. The molecule has 4 N–H and O–H groups in total. The van der Waals surface area contributed by atoms with Crippen molar-refractivity contribution >= 4 is 5.97 Å². The average Bonchev–Trinajstić information content (AvgIpc) is 2.54. The standard InChI is InChI=1S/C15H20O7/c16-11(7-6-9-4-2-1-3-5-9)21-8-10-12(17)13(18)14(19)15(20)22-10/h1-5,10,12-15,17-20H,6-8H2/t10-,12-,13+,14-,15-/m1/s1. The van der Waals surface area contributed by atoms with E-state index in [2.05, 4.69) is 0 Å². The molecule has 1 aromatic rings. The van der Waals surface area contributed by atoms with Crippen LogP contribution < -0.4 is 0 Å². The number of hydrogen-bond donors (Lipinski definition) is 4. The summed E-state index contributed by atoms with van der Waals surface area (Å²) >= 11 is 0. The fraction of sp³-hybridized carbons (Fsp3) is 0.533. The fourth-order valence-electron chi connectivity index (χ4n) is 2.21. The Kier molecular flexibility index (Phi) is 5.87. The minimum atomic E-state index is -1.63. The highest BCUT2D eigenvalue weighted by atomic mass is 16.6. The van der Waals surface area contributed by atoms with Gasteiger partial charge in [0.05, 0.1) is 0 Å². The van der Waals surface area contributed by atoms with E-state index in [4.69, 9.17) is 9.47 Å². The minimum Gasteiger partial charge on any atom is -0.463 e. The van der Waals surface area contributed by atoms with E-state index >= 15 is 0 Å². The summed E-state index contributed by atoms with van der Waals surface area (Å²) < 4.78 is 9.89. The van der Waals surface area contributed by atoms with Crippen molar-refractivity contribution < 1.29 is 34.7 Å². The van der Waals surface area contributed by atoms with Crippen LogP contribution in [0.3, 0.4) is 0 Å². The van der Waals surface area contributed by atoms with Gasteiger partial charge in [0, 0.05) is 6.42 Å². The van der Waals surface area contributed by atoms with E-state index in [9.17, 15) is 25.2 Å². The zero-order valence-electron chi connectivity index (χ0n) is 11.9. The molecule has 7 heteroatoms. The zero-order valence-corrected chi connectivity index (χ0v) is 11.9. The van der Waals surface area contributed by atoms with E-state index in [1.807, 2.05) is 30.3 Å². The van der Waals surface area contributed by atoms with Crippen LogP contribution >= 0.6 is 0 Å². The molecule has 1 aromatic carbocycles. The molecule has 2 rings (SSSR count). The van der Waals surface area contributed by atoms with Gasteiger partial charge in [-0.1, -0.05) is 30.3 Å². The van der Waals surface area contributed by atoms with Gasteiger partial charge >= 0.3 is 5.97 Å². The summed E-state index contributed by atoms with van der Waals surface area (Å²) in [6.07, 6.45) is -6.63. The highest BCUT2D eigenvalue weighted by molar-refractivity contribution is 5.69. The number of aliphatic hydroxyl groups excluding tert-OH is 4. The Labute approximate surface area is 127 Å². The predicted octanol–water partition coefficient (Wildman–Crippen LogP) is -1.04. The van der Waals surface area contributed by atoms with Gasteiger partial charge in [0.1, 0.15) is 31.0 Å². The van der Waals surface area contributed by atoms with E-state index in [-0.39, 0.29) is 13.0 Å². The molecule has 0 aromatic heterocycles. The Bertz CT molecular complexity index is 478. The Morgan fingerprint density at radius 3 is 2.41 bits per heavy atom. The maximum atomic E-state index is 11.7. The van der Waals surface area contributed by atoms with Crippen LogP contribution in [-0.4, -0.2) is 63.7 Å². The van der Waals surface area contributed by atoms with Gasteiger partial charge in [0.15, 0.2) is 6.29 Å². The average molecular weight is 312 g/mol. The molecule has 1 saturated heterocycles. The molecule has 1 aliphatic rings. The Morgan fingerprint density at radius 1 is 1.05 bits per heavy atom. The summed E-state index contributed by atoms with van der Waals surface area (Å²) in [4.78, 5) is 11.7. The number of hydrogen-bond acceptors (Lipinski definition) is 7. The van der Waals surface area contributed by atoms with Crippen molar-refractivity contribution in [2.24, 2.45) is 0 Å². The molecule has 0 amide bonds. The number of rotatable bonds is 5. The van der Waals surface area contributed by atoms with E-state index in [1.165, 1.54) is 0 Å². The summed E-state index contributed by atoms with van der Waals surface area (Å²) in [5, 5.41) is 37.9. The Morgan fingerprint density at radius 2 is 1.73 bits per heavy atom. The third-order valence-electron chi connectivity index (χ3n) is 3.56. The van der Waals surface area contributed by atoms with Crippen LogP contribution in [-0.2, 0) is 20.7 Å². The lowest BCUT2D eigenvalue weighted by atomic mass is 9.99.